The second-order valence-corrected chi connectivity index (χ2v) is 4.95. The van der Waals surface area contributed by atoms with E-state index < -0.39 is 0 Å². The Morgan fingerprint density at radius 1 is 1.16 bits per heavy atom. The van der Waals surface area contributed by atoms with Gasteiger partial charge in [0, 0.05) is 18.1 Å². The van der Waals surface area contributed by atoms with Gasteiger partial charge in [-0.1, -0.05) is 31.5 Å². The molecule has 0 aliphatic heterocycles. The van der Waals surface area contributed by atoms with Crippen molar-refractivity contribution in [1.82, 2.24) is 4.98 Å². The van der Waals surface area contributed by atoms with E-state index in [1.807, 2.05) is 12.3 Å². The zero-order valence-corrected chi connectivity index (χ0v) is 11.8. The van der Waals surface area contributed by atoms with E-state index in [0.29, 0.717) is 0 Å². The lowest BCUT2D eigenvalue weighted by atomic mass is 10.1. The molecular formula is C17H22N2. The van der Waals surface area contributed by atoms with Crippen LogP contribution in [-0.2, 0) is 6.42 Å². The summed E-state index contributed by atoms with van der Waals surface area (Å²) in [6.07, 6.45) is 7.40. The van der Waals surface area contributed by atoms with Crippen LogP contribution >= 0.6 is 0 Å². The van der Waals surface area contributed by atoms with Gasteiger partial charge < -0.3 is 5.32 Å². The van der Waals surface area contributed by atoms with Gasteiger partial charge in [0.25, 0.3) is 0 Å². The number of pyridine rings is 1. The smallest absolute Gasteiger partial charge is 0.0500 e. The monoisotopic (exact) mass is 254 g/mol. The normalized spacial score (nSPS) is 12.1. The van der Waals surface area contributed by atoms with Gasteiger partial charge in [-0.25, -0.2) is 0 Å². The van der Waals surface area contributed by atoms with Crippen LogP contribution < -0.4 is 5.32 Å². The molecule has 19 heavy (non-hydrogen) atoms. The number of nitrogens with zero attached hydrogens (tertiary/aromatic N) is 1. The molecule has 0 radical (unpaired) electrons. The van der Waals surface area contributed by atoms with E-state index in [2.05, 4.69) is 54.5 Å². The molecule has 1 unspecified atom stereocenters. The maximum atomic E-state index is 4.16. The molecule has 0 amide bonds. The van der Waals surface area contributed by atoms with Gasteiger partial charge in [0.1, 0.15) is 0 Å². The minimum absolute atomic E-state index is 0.273. The van der Waals surface area contributed by atoms with Crippen molar-refractivity contribution in [1.29, 1.82) is 0 Å². The van der Waals surface area contributed by atoms with Crippen LogP contribution in [0.1, 0.15) is 43.9 Å². The summed E-state index contributed by atoms with van der Waals surface area (Å²) >= 11 is 0. The van der Waals surface area contributed by atoms with E-state index in [1.54, 1.807) is 6.20 Å². The van der Waals surface area contributed by atoms with Gasteiger partial charge in [0.05, 0.1) is 6.04 Å². The van der Waals surface area contributed by atoms with Crippen LogP contribution in [0.4, 0.5) is 5.69 Å². The van der Waals surface area contributed by atoms with E-state index in [0.717, 1.165) is 5.69 Å². The number of hydrogen-bond acceptors (Lipinski definition) is 2. The molecule has 0 aliphatic rings. The predicted molar refractivity (Wildman–Crippen MR) is 81.3 cm³/mol. The number of benzene rings is 1. The second kappa shape index (κ2) is 6.93. The van der Waals surface area contributed by atoms with Crippen LogP contribution in [0.5, 0.6) is 0 Å². The number of aromatic nitrogens is 1. The Bertz CT molecular complexity index is 476. The Morgan fingerprint density at radius 2 is 1.95 bits per heavy atom. The molecule has 2 rings (SSSR count). The van der Waals surface area contributed by atoms with Crippen LogP contribution in [0, 0.1) is 0 Å². The van der Waals surface area contributed by atoms with E-state index >= 15 is 0 Å². The maximum Gasteiger partial charge on any atom is 0.0500 e. The number of hydrogen-bond donors (Lipinski definition) is 1. The molecule has 1 N–H and O–H groups in total. The zero-order valence-electron chi connectivity index (χ0n) is 11.8. The van der Waals surface area contributed by atoms with Gasteiger partial charge >= 0.3 is 0 Å². The zero-order chi connectivity index (χ0) is 13.5. The molecule has 0 bridgehead atoms. The lowest BCUT2D eigenvalue weighted by molar-refractivity contribution is 0.795. The molecular weight excluding hydrogens is 232 g/mol. The van der Waals surface area contributed by atoms with E-state index in [1.165, 1.54) is 30.4 Å². The average Bonchev–Trinajstić information content (AvgIpc) is 2.47. The van der Waals surface area contributed by atoms with Crippen molar-refractivity contribution in [2.24, 2.45) is 0 Å². The van der Waals surface area contributed by atoms with E-state index in [9.17, 15) is 0 Å². The summed E-state index contributed by atoms with van der Waals surface area (Å²) in [5.41, 5.74) is 3.79. The summed E-state index contributed by atoms with van der Waals surface area (Å²) in [6.45, 7) is 4.38. The van der Waals surface area contributed by atoms with Crippen LogP contribution in [-0.4, -0.2) is 4.98 Å². The van der Waals surface area contributed by atoms with Crippen LogP contribution in [0.3, 0.4) is 0 Å². The number of nitrogens with one attached hydrogen (secondary N) is 1. The van der Waals surface area contributed by atoms with Crippen molar-refractivity contribution >= 4 is 5.69 Å². The lowest BCUT2D eigenvalue weighted by Crippen LogP contribution is -2.06. The Hall–Kier alpha value is -1.83. The maximum absolute atomic E-state index is 4.16. The molecule has 100 valence electrons. The average molecular weight is 254 g/mol. The van der Waals surface area contributed by atoms with Gasteiger partial charge in [0.2, 0.25) is 0 Å². The first-order valence-electron chi connectivity index (χ1n) is 7.05. The highest BCUT2D eigenvalue weighted by Gasteiger charge is 2.04. The van der Waals surface area contributed by atoms with Crippen molar-refractivity contribution in [3.8, 4) is 0 Å². The van der Waals surface area contributed by atoms with Gasteiger partial charge in [0.15, 0.2) is 0 Å². The molecule has 0 fully saturated rings. The van der Waals surface area contributed by atoms with Crippen molar-refractivity contribution in [2.45, 2.75) is 39.2 Å². The number of anilines is 1. The summed E-state index contributed by atoms with van der Waals surface area (Å²) in [5.74, 6) is 0. The molecule has 2 aromatic rings. The highest BCUT2D eigenvalue weighted by atomic mass is 14.9. The SMILES string of the molecule is CCCCc1ccc(NC(C)c2cccnc2)cc1. The molecule has 2 heteroatoms. The molecule has 0 spiro atoms. The van der Waals surface area contributed by atoms with Gasteiger partial charge in [-0.2, -0.15) is 0 Å². The fourth-order valence-corrected chi connectivity index (χ4v) is 2.11. The highest BCUT2D eigenvalue weighted by molar-refractivity contribution is 5.46. The predicted octanol–water partition coefficient (Wildman–Crippen LogP) is 4.60. The van der Waals surface area contributed by atoms with Gasteiger partial charge in [-0.3, -0.25) is 4.98 Å². The molecule has 0 saturated heterocycles. The number of aryl methyl sites for hydroxylation is 1. The third kappa shape index (κ3) is 4.09. The van der Waals surface area contributed by atoms with E-state index in [4.69, 9.17) is 0 Å². The van der Waals surface area contributed by atoms with Crippen LogP contribution in [0.15, 0.2) is 48.8 Å². The number of rotatable bonds is 6. The Morgan fingerprint density at radius 3 is 2.58 bits per heavy atom. The van der Waals surface area contributed by atoms with Crippen LogP contribution in [0.2, 0.25) is 0 Å². The Balaban J connectivity index is 1.96. The molecule has 0 aliphatic carbocycles. The molecule has 2 nitrogen and oxygen atoms in total. The summed E-state index contributed by atoms with van der Waals surface area (Å²) in [7, 11) is 0. The molecule has 0 saturated carbocycles. The Labute approximate surface area is 115 Å². The lowest BCUT2D eigenvalue weighted by Gasteiger charge is -2.15. The van der Waals surface area contributed by atoms with Gasteiger partial charge in [-0.05, 0) is 49.1 Å². The quantitative estimate of drug-likeness (QED) is 0.815. The summed E-state index contributed by atoms with van der Waals surface area (Å²) < 4.78 is 0. The van der Waals surface area contributed by atoms with Crippen molar-refractivity contribution < 1.29 is 0 Å². The third-order valence-corrected chi connectivity index (χ3v) is 3.34. The minimum Gasteiger partial charge on any atom is -0.378 e. The second-order valence-electron chi connectivity index (χ2n) is 4.95. The first-order chi connectivity index (χ1) is 9.29. The van der Waals surface area contributed by atoms with Crippen LogP contribution in [0.25, 0.3) is 0 Å². The third-order valence-electron chi connectivity index (χ3n) is 3.34. The minimum atomic E-state index is 0.273. The fraction of sp³-hybridized carbons (Fsp3) is 0.353. The molecule has 1 heterocycles. The first kappa shape index (κ1) is 13.6. The summed E-state index contributed by atoms with van der Waals surface area (Å²) in [5, 5.41) is 3.50. The largest absolute Gasteiger partial charge is 0.378 e. The van der Waals surface area contributed by atoms with E-state index in [-0.39, 0.29) is 6.04 Å². The first-order valence-corrected chi connectivity index (χ1v) is 7.05. The van der Waals surface area contributed by atoms with Crippen molar-refractivity contribution in [3.05, 3.63) is 59.9 Å². The highest BCUT2D eigenvalue weighted by Crippen LogP contribution is 2.19. The van der Waals surface area contributed by atoms with Crippen molar-refractivity contribution in [3.63, 3.8) is 0 Å². The fourth-order valence-electron chi connectivity index (χ4n) is 2.11. The molecule has 1 aromatic carbocycles. The standard InChI is InChI=1S/C17H22N2/c1-3-4-6-15-8-10-17(11-9-15)19-14(2)16-7-5-12-18-13-16/h5,7-14,19H,3-4,6H2,1-2H3. The Kier molecular flexibility index (Phi) is 4.96. The molecule has 1 atom stereocenters. The summed E-state index contributed by atoms with van der Waals surface area (Å²) in [6, 6.07) is 13.1. The van der Waals surface area contributed by atoms with Gasteiger partial charge in [-0.15, -0.1) is 0 Å². The topological polar surface area (TPSA) is 24.9 Å². The number of unbranched alkanes of at least 4 members (excludes halogenated alkanes) is 1. The molecule has 1 aromatic heterocycles. The summed E-state index contributed by atoms with van der Waals surface area (Å²) in [4.78, 5) is 4.16. The van der Waals surface area contributed by atoms with Crippen molar-refractivity contribution in [2.75, 3.05) is 5.32 Å².